The molecule has 106 valence electrons. The molecule has 1 heterocycles. The minimum atomic E-state index is -0.152. The number of rotatable bonds is 5. The molecule has 1 aliphatic rings. The van der Waals surface area contributed by atoms with Crippen molar-refractivity contribution in [2.24, 2.45) is 0 Å². The number of amides is 1. The van der Waals surface area contributed by atoms with E-state index in [0.29, 0.717) is 22.4 Å². The number of nitriles is 1. The third-order valence-corrected chi connectivity index (χ3v) is 3.90. The maximum absolute atomic E-state index is 11.9. The summed E-state index contributed by atoms with van der Waals surface area (Å²) in [5.74, 6) is 0.0737. The van der Waals surface area contributed by atoms with E-state index >= 15 is 0 Å². The van der Waals surface area contributed by atoms with Crippen LogP contribution in [0.3, 0.4) is 0 Å². The number of hydrogen-bond acceptors (Lipinski definition) is 6. The lowest BCUT2D eigenvalue weighted by Gasteiger charge is -2.05. The zero-order valence-electron chi connectivity index (χ0n) is 11.1. The van der Waals surface area contributed by atoms with Gasteiger partial charge in [0.15, 0.2) is 0 Å². The second-order valence-electron chi connectivity index (χ2n) is 4.67. The average Bonchev–Trinajstić information content (AvgIpc) is 3.24. The van der Waals surface area contributed by atoms with Crippen molar-refractivity contribution in [3.05, 3.63) is 29.8 Å². The van der Waals surface area contributed by atoms with E-state index in [4.69, 9.17) is 5.26 Å². The molecule has 7 nitrogen and oxygen atoms in total. The second kappa shape index (κ2) is 5.93. The van der Waals surface area contributed by atoms with Crippen LogP contribution < -0.4 is 5.32 Å². The summed E-state index contributed by atoms with van der Waals surface area (Å²) in [4.78, 5) is 11.9. The molecular formula is C13H12N6OS. The van der Waals surface area contributed by atoms with Gasteiger partial charge in [0.2, 0.25) is 11.1 Å². The van der Waals surface area contributed by atoms with Gasteiger partial charge in [0.1, 0.15) is 0 Å². The molecule has 1 aromatic carbocycles. The summed E-state index contributed by atoms with van der Waals surface area (Å²) < 4.78 is 1.77. The van der Waals surface area contributed by atoms with Gasteiger partial charge in [-0.2, -0.15) is 5.26 Å². The van der Waals surface area contributed by atoms with E-state index in [9.17, 15) is 4.79 Å². The van der Waals surface area contributed by atoms with Gasteiger partial charge in [0, 0.05) is 5.69 Å². The van der Waals surface area contributed by atoms with Gasteiger partial charge in [-0.05, 0) is 41.5 Å². The van der Waals surface area contributed by atoms with E-state index in [2.05, 4.69) is 20.8 Å². The number of hydrogen-bond donors (Lipinski definition) is 1. The molecule has 0 atom stereocenters. The van der Waals surface area contributed by atoms with Crippen molar-refractivity contribution in [2.75, 3.05) is 11.1 Å². The highest BCUT2D eigenvalue weighted by molar-refractivity contribution is 7.99. The van der Waals surface area contributed by atoms with E-state index in [-0.39, 0.29) is 11.7 Å². The minimum absolute atomic E-state index is 0.152. The van der Waals surface area contributed by atoms with Crippen LogP contribution in [-0.4, -0.2) is 31.9 Å². The number of carbonyl (C=O) groups excluding carboxylic acids is 1. The molecule has 0 unspecified atom stereocenters. The van der Waals surface area contributed by atoms with Crippen molar-refractivity contribution >= 4 is 23.4 Å². The number of benzene rings is 1. The molecule has 1 N–H and O–H groups in total. The van der Waals surface area contributed by atoms with Crippen LogP contribution in [0.5, 0.6) is 0 Å². The monoisotopic (exact) mass is 300 g/mol. The zero-order valence-corrected chi connectivity index (χ0v) is 11.9. The van der Waals surface area contributed by atoms with Gasteiger partial charge in [-0.25, -0.2) is 4.68 Å². The largest absolute Gasteiger partial charge is 0.325 e. The van der Waals surface area contributed by atoms with Crippen LogP contribution in [0.15, 0.2) is 29.4 Å². The SMILES string of the molecule is N#Cc1cccc(NC(=O)CSc2nnnn2C2CC2)c1. The predicted molar refractivity (Wildman–Crippen MR) is 76.6 cm³/mol. The fourth-order valence-corrected chi connectivity index (χ4v) is 2.57. The fraction of sp³-hybridized carbons (Fsp3) is 0.308. The first-order chi connectivity index (χ1) is 10.3. The van der Waals surface area contributed by atoms with Crippen molar-refractivity contribution in [1.82, 2.24) is 20.2 Å². The summed E-state index contributed by atoms with van der Waals surface area (Å²) in [6, 6.07) is 9.23. The molecule has 1 aliphatic carbocycles. The first-order valence-electron chi connectivity index (χ1n) is 6.47. The van der Waals surface area contributed by atoms with Crippen LogP contribution in [0.4, 0.5) is 5.69 Å². The van der Waals surface area contributed by atoms with Gasteiger partial charge in [-0.1, -0.05) is 17.8 Å². The number of nitrogens with one attached hydrogen (secondary N) is 1. The zero-order chi connectivity index (χ0) is 14.7. The maximum Gasteiger partial charge on any atom is 0.234 e. The van der Waals surface area contributed by atoms with Gasteiger partial charge in [0.25, 0.3) is 0 Å². The lowest BCUT2D eigenvalue weighted by Crippen LogP contribution is -2.14. The first kappa shape index (κ1) is 13.6. The van der Waals surface area contributed by atoms with E-state index in [1.165, 1.54) is 11.8 Å². The number of carbonyl (C=O) groups is 1. The summed E-state index contributed by atoms with van der Waals surface area (Å²) in [5, 5.41) is 23.7. The number of anilines is 1. The Labute approximate surface area is 125 Å². The first-order valence-corrected chi connectivity index (χ1v) is 7.45. The Hall–Kier alpha value is -2.40. The topological polar surface area (TPSA) is 96.5 Å². The molecule has 0 radical (unpaired) electrons. The molecule has 0 spiro atoms. The van der Waals surface area contributed by atoms with Gasteiger partial charge in [0.05, 0.1) is 23.4 Å². The lowest BCUT2D eigenvalue weighted by atomic mass is 10.2. The number of aromatic nitrogens is 4. The average molecular weight is 300 g/mol. The quantitative estimate of drug-likeness (QED) is 0.843. The van der Waals surface area contributed by atoms with Crippen LogP contribution in [0, 0.1) is 11.3 Å². The Kier molecular flexibility index (Phi) is 3.83. The minimum Gasteiger partial charge on any atom is -0.325 e. The summed E-state index contributed by atoms with van der Waals surface area (Å²) in [6.45, 7) is 0. The van der Waals surface area contributed by atoms with Gasteiger partial charge >= 0.3 is 0 Å². The highest BCUT2D eigenvalue weighted by Crippen LogP contribution is 2.36. The van der Waals surface area contributed by atoms with E-state index < -0.39 is 0 Å². The van der Waals surface area contributed by atoms with Crippen LogP contribution in [0.2, 0.25) is 0 Å². The van der Waals surface area contributed by atoms with Gasteiger partial charge in [-0.3, -0.25) is 4.79 Å². The predicted octanol–water partition coefficient (Wildman–Crippen LogP) is 1.61. The number of nitrogens with zero attached hydrogens (tertiary/aromatic N) is 5. The van der Waals surface area contributed by atoms with Gasteiger partial charge in [-0.15, -0.1) is 5.10 Å². The number of thioether (sulfide) groups is 1. The molecule has 21 heavy (non-hydrogen) atoms. The van der Waals surface area contributed by atoms with Crippen LogP contribution in [-0.2, 0) is 4.79 Å². The molecule has 0 aliphatic heterocycles. The molecule has 0 bridgehead atoms. The Morgan fingerprint density at radius 2 is 2.38 bits per heavy atom. The normalized spacial score (nSPS) is 13.7. The smallest absolute Gasteiger partial charge is 0.234 e. The third kappa shape index (κ3) is 3.38. The van der Waals surface area contributed by atoms with Crippen LogP contribution in [0.1, 0.15) is 24.4 Å². The van der Waals surface area contributed by atoms with Crippen LogP contribution >= 0.6 is 11.8 Å². The summed E-state index contributed by atoms with van der Waals surface area (Å²) >= 11 is 1.31. The van der Waals surface area contributed by atoms with E-state index in [1.54, 1.807) is 28.9 Å². The standard InChI is InChI=1S/C13H12N6OS/c14-7-9-2-1-3-10(6-9)15-12(20)8-21-13-16-17-18-19(13)11-4-5-11/h1-3,6,11H,4-5,8H2,(H,15,20). The van der Waals surface area contributed by atoms with Crippen molar-refractivity contribution in [3.63, 3.8) is 0 Å². The Morgan fingerprint density at radius 1 is 1.52 bits per heavy atom. The molecule has 1 aromatic heterocycles. The fourth-order valence-electron chi connectivity index (χ4n) is 1.82. The van der Waals surface area contributed by atoms with Crippen LogP contribution in [0.25, 0.3) is 0 Å². The van der Waals surface area contributed by atoms with E-state index in [1.807, 2.05) is 6.07 Å². The molecule has 1 saturated carbocycles. The Bertz CT molecular complexity index is 703. The molecule has 1 amide bonds. The Morgan fingerprint density at radius 3 is 3.14 bits per heavy atom. The lowest BCUT2D eigenvalue weighted by molar-refractivity contribution is -0.113. The van der Waals surface area contributed by atoms with Gasteiger partial charge < -0.3 is 5.32 Å². The van der Waals surface area contributed by atoms with Crippen molar-refractivity contribution in [1.29, 1.82) is 5.26 Å². The van der Waals surface area contributed by atoms with Crippen molar-refractivity contribution in [2.45, 2.75) is 24.0 Å². The molecule has 2 aromatic rings. The highest BCUT2D eigenvalue weighted by atomic mass is 32.2. The van der Waals surface area contributed by atoms with Crippen molar-refractivity contribution in [3.8, 4) is 6.07 Å². The molecule has 1 fully saturated rings. The summed E-state index contributed by atoms with van der Waals surface area (Å²) in [7, 11) is 0. The Balaban J connectivity index is 1.56. The van der Waals surface area contributed by atoms with E-state index in [0.717, 1.165) is 12.8 Å². The van der Waals surface area contributed by atoms with Crippen molar-refractivity contribution < 1.29 is 4.79 Å². The maximum atomic E-state index is 11.9. The summed E-state index contributed by atoms with van der Waals surface area (Å²) in [6.07, 6.45) is 2.18. The molecular weight excluding hydrogens is 288 g/mol. The summed E-state index contributed by atoms with van der Waals surface area (Å²) in [5.41, 5.74) is 1.12. The molecule has 0 saturated heterocycles. The third-order valence-electron chi connectivity index (χ3n) is 2.96. The molecule has 8 heteroatoms. The highest BCUT2D eigenvalue weighted by Gasteiger charge is 2.28. The molecule has 3 rings (SSSR count). The number of tetrazole rings is 1. The second-order valence-corrected chi connectivity index (χ2v) is 5.61.